The molecule has 5 nitrogen and oxygen atoms in total. The second-order valence-corrected chi connectivity index (χ2v) is 7.58. The Kier molecular flexibility index (Phi) is 5.58. The van der Waals surface area contributed by atoms with Gasteiger partial charge in [-0.2, -0.15) is 13.2 Å². The van der Waals surface area contributed by atoms with Crippen molar-refractivity contribution in [3.63, 3.8) is 0 Å². The van der Waals surface area contributed by atoms with Crippen LogP contribution in [0.15, 0.2) is 42.6 Å². The minimum Gasteiger partial charge on any atom is -0.376 e. The molecule has 156 valence electrons. The van der Waals surface area contributed by atoms with E-state index in [-0.39, 0.29) is 17.5 Å². The van der Waals surface area contributed by atoms with E-state index in [0.717, 1.165) is 23.5 Å². The van der Waals surface area contributed by atoms with Gasteiger partial charge in [0, 0.05) is 37.4 Å². The lowest BCUT2D eigenvalue weighted by Gasteiger charge is -2.41. The summed E-state index contributed by atoms with van der Waals surface area (Å²) < 4.78 is 39.0. The zero-order chi connectivity index (χ0) is 21.4. The first-order valence-corrected chi connectivity index (χ1v) is 9.39. The van der Waals surface area contributed by atoms with Gasteiger partial charge in [0.05, 0.1) is 0 Å². The Balaban J connectivity index is 1.72. The van der Waals surface area contributed by atoms with E-state index in [9.17, 15) is 23.1 Å². The number of rotatable bonds is 3. The predicted molar refractivity (Wildman–Crippen MR) is 104 cm³/mol. The lowest BCUT2D eigenvalue weighted by Crippen LogP contribution is -2.54. The Morgan fingerprint density at radius 3 is 2.38 bits per heavy atom. The van der Waals surface area contributed by atoms with E-state index in [2.05, 4.69) is 9.88 Å². The first kappa shape index (κ1) is 21.1. The average molecular weight is 407 g/mol. The van der Waals surface area contributed by atoms with Gasteiger partial charge in [-0.15, -0.1) is 0 Å². The van der Waals surface area contributed by atoms with Crippen molar-refractivity contribution in [2.75, 3.05) is 24.5 Å². The first-order valence-electron chi connectivity index (χ1n) is 9.39. The van der Waals surface area contributed by atoms with E-state index in [1.807, 2.05) is 26.0 Å². The van der Waals surface area contributed by atoms with Gasteiger partial charge in [0.25, 0.3) is 5.91 Å². The highest BCUT2D eigenvalue weighted by Gasteiger charge is 2.51. The lowest BCUT2D eigenvalue weighted by molar-refractivity contribution is -0.258. The Labute approximate surface area is 167 Å². The van der Waals surface area contributed by atoms with Gasteiger partial charge < -0.3 is 14.9 Å². The maximum Gasteiger partial charge on any atom is 0.421 e. The highest BCUT2D eigenvalue weighted by atomic mass is 19.4. The van der Waals surface area contributed by atoms with Crippen molar-refractivity contribution in [2.45, 2.75) is 38.6 Å². The number of amides is 1. The summed E-state index contributed by atoms with van der Waals surface area (Å²) in [5.74, 6) is 0.651. The van der Waals surface area contributed by atoms with Gasteiger partial charge in [-0.1, -0.05) is 18.2 Å². The van der Waals surface area contributed by atoms with E-state index in [0.29, 0.717) is 32.1 Å². The second kappa shape index (κ2) is 7.67. The topological polar surface area (TPSA) is 56.7 Å². The molecule has 1 aromatic carbocycles. The van der Waals surface area contributed by atoms with Gasteiger partial charge in [0.1, 0.15) is 5.82 Å². The zero-order valence-corrected chi connectivity index (χ0v) is 16.6. The maximum atomic E-state index is 13.0. The molecule has 29 heavy (non-hydrogen) atoms. The van der Waals surface area contributed by atoms with E-state index in [4.69, 9.17) is 0 Å². The SMILES string of the molecule is Cc1cccnc1N1CCN(C(=O)c2ccc([C@](C)(O)C(F)(F)F)cc2)[C@H](C)C1. The smallest absolute Gasteiger partial charge is 0.376 e. The van der Waals surface area contributed by atoms with Crippen molar-refractivity contribution in [1.29, 1.82) is 0 Å². The molecule has 1 aliphatic heterocycles. The van der Waals surface area contributed by atoms with Crippen molar-refractivity contribution in [3.05, 3.63) is 59.3 Å². The largest absolute Gasteiger partial charge is 0.421 e. The lowest BCUT2D eigenvalue weighted by atomic mass is 9.94. The molecule has 0 saturated carbocycles. The van der Waals surface area contributed by atoms with Gasteiger partial charge in [-0.3, -0.25) is 4.79 Å². The van der Waals surface area contributed by atoms with Crippen LogP contribution in [-0.4, -0.2) is 52.8 Å². The normalized spacial score (nSPS) is 19.8. The summed E-state index contributed by atoms with van der Waals surface area (Å²) >= 11 is 0. The number of pyridine rings is 1. The van der Waals surface area contributed by atoms with Gasteiger partial charge >= 0.3 is 6.18 Å². The Morgan fingerprint density at radius 2 is 1.83 bits per heavy atom. The molecule has 0 radical (unpaired) electrons. The van der Waals surface area contributed by atoms with E-state index in [1.165, 1.54) is 12.1 Å². The molecule has 1 aliphatic rings. The highest BCUT2D eigenvalue weighted by Crippen LogP contribution is 2.38. The molecule has 2 heterocycles. The number of aliphatic hydroxyl groups is 1. The third-order valence-electron chi connectivity index (χ3n) is 5.42. The summed E-state index contributed by atoms with van der Waals surface area (Å²) in [5, 5.41) is 9.77. The van der Waals surface area contributed by atoms with Crippen LogP contribution in [0.4, 0.5) is 19.0 Å². The van der Waals surface area contributed by atoms with Crippen molar-refractivity contribution in [1.82, 2.24) is 9.88 Å². The highest BCUT2D eigenvalue weighted by molar-refractivity contribution is 5.94. The van der Waals surface area contributed by atoms with Crippen molar-refractivity contribution >= 4 is 11.7 Å². The monoisotopic (exact) mass is 407 g/mol. The molecule has 1 amide bonds. The molecule has 0 bridgehead atoms. The van der Waals surface area contributed by atoms with Crippen LogP contribution in [0.5, 0.6) is 0 Å². The molecule has 0 aliphatic carbocycles. The number of carbonyl (C=O) groups excluding carboxylic acids is 1. The molecular formula is C21H24F3N3O2. The third-order valence-corrected chi connectivity index (χ3v) is 5.42. The molecule has 1 fully saturated rings. The van der Waals surface area contributed by atoms with Crippen LogP contribution < -0.4 is 4.90 Å². The Morgan fingerprint density at radius 1 is 1.17 bits per heavy atom. The fraction of sp³-hybridized carbons (Fsp3) is 0.429. The molecule has 3 rings (SSSR count). The number of hydrogen-bond donors (Lipinski definition) is 1. The Bertz CT molecular complexity index is 881. The third kappa shape index (κ3) is 4.07. The molecule has 8 heteroatoms. The molecule has 0 spiro atoms. The maximum absolute atomic E-state index is 13.0. The van der Waals surface area contributed by atoms with Gasteiger partial charge in [0.2, 0.25) is 0 Å². The molecule has 1 aromatic heterocycles. The van der Waals surface area contributed by atoms with E-state index >= 15 is 0 Å². The van der Waals surface area contributed by atoms with Crippen LogP contribution in [-0.2, 0) is 5.60 Å². The van der Waals surface area contributed by atoms with Crippen LogP contribution in [0.3, 0.4) is 0 Å². The van der Waals surface area contributed by atoms with Crippen LogP contribution in [0.25, 0.3) is 0 Å². The number of aryl methyl sites for hydroxylation is 1. The molecule has 2 atom stereocenters. The first-order chi connectivity index (χ1) is 13.5. The molecule has 2 aromatic rings. The number of anilines is 1. The van der Waals surface area contributed by atoms with Crippen LogP contribution >= 0.6 is 0 Å². The van der Waals surface area contributed by atoms with Crippen molar-refractivity contribution < 1.29 is 23.1 Å². The summed E-state index contributed by atoms with van der Waals surface area (Å²) in [6, 6.07) is 8.75. The van der Waals surface area contributed by atoms with E-state index in [1.54, 1.807) is 11.1 Å². The van der Waals surface area contributed by atoms with Crippen molar-refractivity contribution in [2.24, 2.45) is 0 Å². The number of nitrogens with zero attached hydrogens (tertiary/aromatic N) is 3. The minimum atomic E-state index is -4.80. The van der Waals surface area contributed by atoms with Crippen molar-refractivity contribution in [3.8, 4) is 0 Å². The zero-order valence-electron chi connectivity index (χ0n) is 16.6. The fourth-order valence-corrected chi connectivity index (χ4v) is 3.53. The quantitative estimate of drug-likeness (QED) is 0.846. The summed E-state index contributed by atoms with van der Waals surface area (Å²) in [7, 11) is 0. The van der Waals surface area contributed by atoms with Gasteiger partial charge in [0.15, 0.2) is 5.60 Å². The van der Waals surface area contributed by atoms with Gasteiger partial charge in [-0.05, 0) is 50.1 Å². The molecule has 0 unspecified atom stereocenters. The second-order valence-electron chi connectivity index (χ2n) is 7.58. The molecule has 1 N–H and O–H groups in total. The summed E-state index contributed by atoms with van der Waals surface area (Å²) in [4.78, 5) is 21.2. The van der Waals surface area contributed by atoms with Gasteiger partial charge in [-0.25, -0.2) is 4.98 Å². The molecular weight excluding hydrogens is 383 g/mol. The predicted octanol–water partition coefficient (Wildman–Crippen LogP) is 3.51. The standard InChI is InChI=1S/C21H24F3N3O2/c1-14-5-4-10-25-18(14)26-11-12-27(15(2)13-26)19(28)16-6-8-17(9-7-16)20(3,29)21(22,23)24/h4-10,15,29H,11-13H2,1-3H3/t15-,20+/m1/s1. The molecule has 1 saturated heterocycles. The van der Waals surface area contributed by atoms with E-state index < -0.39 is 11.8 Å². The summed E-state index contributed by atoms with van der Waals surface area (Å²) in [6.45, 7) is 6.34. The number of hydrogen-bond acceptors (Lipinski definition) is 4. The summed E-state index contributed by atoms with van der Waals surface area (Å²) in [6.07, 6.45) is -3.06. The average Bonchev–Trinajstić information content (AvgIpc) is 2.67. The number of benzene rings is 1. The fourth-order valence-electron chi connectivity index (χ4n) is 3.53. The number of alkyl halides is 3. The number of halogens is 3. The minimum absolute atomic E-state index is 0.0874. The van der Waals surface area contributed by atoms with Crippen LogP contribution in [0.2, 0.25) is 0 Å². The number of carbonyl (C=O) groups is 1. The summed E-state index contributed by atoms with van der Waals surface area (Å²) in [5.41, 5.74) is -1.91. The Hall–Kier alpha value is -2.61. The van der Waals surface area contributed by atoms with Crippen LogP contribution in [0.1, 0.15) is 35.3 Å². The number of piperazine rings is 1. The van der Waals surface area contributed by atoms with Crippen LogP contribution in [0, 0.1) is 6.92 Å². The number of aromatic nitrogens is 1.